The lowest BCUT2D eigenvalue weighted by molar-refractivity contribution is -0.274. The van der Waals surface area contributed by atoms with Gasteiger partial charge in [0.1, 0.15) is 138 Å². The number of nitrogens with one attached hydrogen (secondary N) is 5. The third kappa shape index (κ3) is 24.2. The van der Waals surface area contributed by atoms with E-state index in [1.807, 2.05) is 0 Å². The lowest BCUT2D eigenvalue weighted by Crippen LogP contribution is -2.17. The van der Waals surface area contributed by atoms with Crippen LogP contribution in [0.5, 0.6) is 11.5 Å². The number of carboxylic acid groups (broad SMARTS) is 5. The minimum atomic E-state index is -4.91. The number of carbonyl (C=O) groups is 5. The zero-order chi connectivity index (χ0) is 97.3. The maximum absolute atomic E-state index is 14.9. The average Bonchev–Trinajstić information content (AvgIpc) is 0.817. The molecule has 10 N–H and O–H groups in total. The summed E-state index contributed by atoms with van der Waals surface area (Å²) in [7, 11) is 1.51. The summed E-state index contributed by atoms with van der Waals surface area (Å²) in [5.74, 6) is -16.6. The van der Waals surface area contributed by atoms with Gasteiger partial charge in [0.25, 0.3) is 0 Å². The number of aromatic nitrogens is 5. The van der Waals surface area contributed by atoms with Gasteiger partial charge in [-0.1, -0.05) is 137 Å². The molecule has 5 heterocycles. The number of carboxylic acids is 5. The Balaban J connectivity index is 0.000000161. The lowest BCUT2D eigenvalue weighted by atomic mass is 9.98. The van der Waals surface area contributed by atoms with Crippen molar-refractivity contribution in [3.8, 4) is 67.1 Å². The Morgan fingerprint density at radius 3 is 0.993 bits per heavy atom. The molecule has 0 fully saturated rings. The molecule has 15 rings (SSSR count). The molecule has 684 valence electrons. The van der Waals surface area contributed by atoms with Crippen LogP contribution in [0.3, 0.4) is 0 Å². The largest absolute Gasteiger partial charge is 0.573 e. The molecule has 10 aromatic carbocycles. The monoisotopic (exact) mass is 1920 g/mol. The van der Waals surface area contributed by atoms with Gasteiger partial charge in [-0.05, 0) is 209 Å². The van der Waals surface area contributed by atoms with Crippen LogP contribution >= 0.6 is 46.4 Å². The second-order valence-electron chi connectivity index (χ2n) is 27.9. The summed E-state index contributed by atoms with van der Waals surface area (Å²) >= 11 is 23.6. The summed E-state index contributed by atoms with van der Waals surface area (Å²) in [6.07, 6.45) is 1.35. The van der Waals surface area contributed by atoms with E-state index in [0.717, 1.165) is 60.7 Å². The SMILES string of the molecule is COc1cccc(-c2cc(F)c(Nc3ncccc3C(=O)O)c(F)c2C)c1.Cc1c(-c2cccc(OC(F)(F)F)c2)cc(F)c(Nc2ncccc2C(=O)O)c1F.Cc1c(-c2ccccc2Cl)cc(F)c(Nc2ncccc2C(=O)O)c1F.O=C(O)c1cc(Cl)cnc1Nc1c(F)cc(-c2ccccc2)cc1F.O=C(O)c1cc(Cl)cnc1Nc1c(F)cc(-c2ccccc2Cl)cc1F. The molecule has 39 heteroatoms. The van der Waals surface area contributed by atoms with Crippen molar-refractivity contribution in [1.82, 2.24) is 24.9 Å². The van der Waals surface area contributed by atoms with Crippen LogP contribution in [0.2, 0.25) is 20.1 Å². The van der Waals surface area contributed by atoms with Crippen molar-refractivity contribution in [3.63, 3.8) is 0 Å². The zero-order valence-electron chi connectivity index (χ0n) is 68.9. The van der Waals surface area contributed by atoms with Crippen LogP contribution in [0.1, 0.15) is 68.5 Å². The van der Waals surface area contributed by atoms with Gasteiger partial charge in [0.05, 0.1) is 17.2 Å². The van der Waals surface area contributed by atoms with Gasteiger partial charge in [0, 0.05) is 52.2 Å². The Labute approximate surface area is 770 Å². The lowest BCUT2D eigenvalue weighted by Gasteiger charge is -2.15. The molecular weight excluding hydrogens is 1860 g/mol. The standard InChI is InChI=1S/C20H13F5N2O3.C20H16F2N2O3.C19H13ClF2N2O2.C18H10Cl2F2N2O2.C18H11ClF2N2O2/c1-10-14(11-4-2-5-12(8-11)30-20(23,24)25)9-15(21)17(16(10)22)27-18-13(19(28)29)6-3-7-26-18;1-11-15(12-5-3-6-13(9-12)27-2)10-16(21)18(17(11)22)24-19-14(20(25)26)7-4-8-23-19;1-10-13(11-5-2-3-7-14(11)20)9-15(21)17(16(10)22)24-18-12(19(25)26)6-4-8-23-18;19-10-7-12(18(25)26)17(23-8-10)24-16-14(21)5-9(6-15(16)22)11-3-1-2-4-13(11)20;19-12-8-13(18(24)25)17(22-9-12)23-16-14(20)6-11(7-15(16)21)10-4-2-1-3-5-10/h2-9H,1H3,(H,26,27)(H,28,29);3-10H,1-2H3,(H,23,24)(H,25,26);2-9H,1H3,(H,23,24)(H,25,26);1-8H,(H,23,24)(H,25,26);1-9H,(H,22,23)(H,24,25). The molecule has 0 unspecified atom stereocenters. The average molecular weight is 1930 g/mol. The Bertz CT molecular complexity index is 6980. The topological polar surface area (TPSA) is 330 Å². The van der Waals surface area contributed by atoms with Gasteiger partial charge in [-0.15, -0.1) is 13.2 Å². The summed E-state index contributed by atoms with van der Waals surface area (Å²) < 4.78 is 193. The molecule has 0 radical (unpaired) electrons. The second kappa shape index (κ2) is 43.7. The fourth-order valence-corrected chi connectivity index (χ4v) is 13.6. The smallest absolute Gasteiger partial charge is 0.497 e. The fourth-order valence-electron chi connectivity index (χ4n) is 12.8. The minimum Gasteiger partial charge on any atom is -0.497 e. The number of hydrogen-bond donors (Lipinski definition) is 10. The molecule has 15 aromatic rings. The molecule has 0 saturated heterocycles. The Morgan fingerprint density at radius 1 is 0.306 bits per heavy atom. The number of ether oxygens (including phenoxy) is 2. The summed E-state index contributed by atoms with van der Waals surface area (Å²) in [5.41, 5.74) is 0.0558. The van der Waals surface area contributed by atoms with E-state index in [1.165, 1.54) is 113 Å². The molecule has 134 heavy (non-hydrogen) atoms. The number of benzene rings is 10. The molecular formula is C95H63Cl4F13N10O12. The molecule has 0 amide bonds. The normalized spacial score (nSPS) is 10.7. The van der Waals surface area contributed by atoms with Gasteiger partial charge in [0.2, 0.25) is 0 Å². The van der Waals surface area contributed by atoms with Crippen LogP contribution < -0.4 is 36.1 Å². The van der Waals surface area contributed by atoms with Crippen molar-refractivity contribution in [3.05, 3.63) is 372 Å². The first-order valence-electron chi connectivity index (χ1n) is 38.4. The van der Waals surface area contributed by atoms with Crippen LogP contribution in [-0.2, 0) is 0 Å². The highest BCUT2D eigenvalue weighted by Crippen LogP contribution is 2.42. The summed E-state index contributed by atoms with van der Waals surface area (Å²) in [6.45, 7) is 4.32. The van der Waals surface area contributed by atoms with Crippen molar-refractivity contribution >= 4 is 134 Å². The Morgan fingerprint density at radius 2 is 0.619 bits per heavy atom. The third-order valence-electron chi connectivity index (χ3n) is 19.2. The number of anilines is 10. The molecule has 0 bridgehead atoms. The summed E-state index contributed by atoms with van der Waals surface area (Å²) in [4.78, 5) is 75.4. The van der Waals surface area contributed by atoms with E-state index < -0.39 is 129 Å². The zero-order valence-corrected chi connectivity index (χ0v) is 72.0. The Hall–Kier alpha value is -15.9. The van der Waals surface area contributed by atoms with Crippen LogP contribution in [0.4, 0.5) is 115 Å². The predicted molar refractivity (Wildman–Crippen MR) is 479 cm³/mol. The first-order chi connectivity index (χ1) is 63.7. The van der Waals surface area contributed by atoms with Crippen molar-refractivity contribution in [2.24, 2.45) is 0 Å². The molecule has 0 saturated carbocycles. The second-order valence-corrected chi connectivity index (χ2v) is 29.6. The highest BCUT2D eigenvalue weighted by molar-refractivity contribution is 6.34. The summed E-state index contributed by atoms with van der Waals surface area (Å²) in [5, 5.41) is 58.8. The van der Waals surface area contributed by atoms with Crippen LogP contribution in [0.15, 0.2) is 249 Å². The Kier molecular flexibility index (Phi) is 32.2. The maximum atomic E-state index is 14.9. The molecule has 0 aliphatic heterocycles. The number of halogens is 17. The van der Waals surface area contributed by atoms with Crippen molar-refractivity contribution < 1.29 is 116 Å². The molecule has 0 aliphatic rings. The molecule has 0 atom stereocenters. The minimum absolute atomic E-state index is 0.00246. The first-order valence-corrected chi connectivity index (χ1v) is 39.9. The van der Waals surface area contributed by atoms with Gasteiger partial charge < -0.3 is 61.6 Å². The van der Waals surface area contributed by atoms with E-state index in [9.17, 15) is 107 Å². The number of hydrogen-bond acceptors (Lipinski definition) is 17. The van der Waals surface area contributed by atoms with Crippen molar-refractivity contribution in [1.29, 1.82) is 0 Å². The van der Waals surface area contributed by atoms with Gasteiger partial charge in [-0.2, -0.15) is 0 Å². The van der Waals surface area contributed by atoms with Gasteiger partial charge in [-0.3, -0.25) is 0 Å². The first kappa shape index (κ1) is 98.7. The van der Waals surface area contributed by atoms with Crippen molar-refractivity contribution in [2.75, 3.05) is 33.7 Å². The van der Waals surface area contributed by atoms with E-state index in [0.29, 0.717) is 54.7 Å². The van der Waals surface area contributed by atoms with Crippen LogP contribution in [0, 0.1) is 78.9 Å². The van der Waals surface area contributed by atoms with E-state index in [1.54, 1.807) is 103 Å². The molecule has 5 aromatic heterocycles. The highest BCUT2D eigenvalue weighted by Gasteiger charge is 2.32. The van der Waals surface area contributed by atoms with Gasteiger partial charge in [0.15, 0.2) is 17.5 Å². The van der Waals surface area contributed by atoms with E-state index in [2.05, 4.69) is 56.2 Å². The number of alkyl halides is 3. The van der Waals surface area contributed by atoms with Crippen molar-refractivity contribution in [2.45, 2.75) is 27.1 Å². The van der Waals surface area contributed by atoms with Crippen LogP contribution in [-0.4, -0.2) is 93.8 Å². The van der Waals surface area contributed by atoms with Gasteiger partial charge >= 0.3 is 36.2 Å². The quantitative estimate of drug-likeness (QED) is 0.0282. The predicted octanol–water partition coefficient (Wildman–Crippen LogP) is 26.8. The van der Waals surface area contributed by atoms with E-state index >= 15 is 0 Å². The number of pyridine rings is 5. The highest BCUT2D eigenvalue weighted by atomic mass is 35.5. The number of nitrogens with zero attached hydrogens (tertiary/aromatic N) is 5. The molecule has 0 aliphatic carbocycles. The van der Waals surface area contributed by atoms with E-state index in [-0.39, 0.29) is 100 Å². The van der Waals surface area contributed by atoms with Gasteiger partial charge in [-0.25, -0.2) is 92.8 Å². The molecule has 22 nitrogen and oxygen atoms in total. The van der Waals surface area contributed by atoms with E-state index in [4.69, 9.17) is 51.1 Å². The number of methoxy groups -OCH3 is 1. The maximum Gasteiger partial charge on any atom is 0.573 e. The number of aromatic carboxylic acids is 5. The van der Waals surface area contributed by atoms with Crippen LogP contribution in [0.25, 0.3) is 55.6 Å². The number of rotatable bonds is 22. The fraction of sp³-hybridized carbons (Fsp3) is 0.0526. The molecule has 0 spiro atoms. The summed E-state index contributed by atoms with van der Waals surface area (Å²) in [6, 6.07) is 51.8. The third-order valence-corrected chi connectivity index (χ3v) is 20.3.